The van der Waals surface area contributed by atoms with Crippen LogP contribution in [0.15, 0.2) is 24.3 Å². The number of hydrogen-bond acceptors (Lipinski definition) is 4. The first kappa shape index (κ1) is 15.0. The Hall–Kier alpha value is -1.39. The molecule has 0 bridgehead atoms. The first-order valence-electron chi connectivity index (χ1n) is 7.05. The molecule has 0 radical (unpaired) electrons. The number of rotatable bonds is 9. The lowest BCUT2D eigenvalue weighted by molar-refractivity contribution is -0.138. The van der Waals surface area contributed by atoms with E-state index in [2.05, 4.69) is 6.92 Å². The molecule has 1 fully saturated rings. The lowest BCUT2D eigenvalue weighted by Gasteiger charge is -2.37. The zero-order valence-corrected chi connectivity index (χ0v) is 12.0. The van der Waals surface area contributed by atoms with Gasteiger partial charge in [-0.05, 0) is 37.1 Å². The zero-order valence-electron chi connectivity index (χ0n) is 12.0. The first-order chi connectivity index (χ1) is 9.72. The lowest BCUT2D eigenvalue weighted by atomic mass is 9.90. The second-order valence-electron chi connectivity index (χ2n) is 5.60. The molecular formula is C16H22O4. The van der Waals surface area contributed by atoms with Crippen LogP contribution in [0.25, 0.3) is 0 Å². The van der Waals surface area contributed by atoms with E-state index in [9.17, 15) is 4.79 Å². The summed E-state index contributed by atoms with van der Waals surface area (Å²) in [6.07, 6.45) is 2.78. The maximum Gasteiger partial charge on any atom is 0.150 e. The van der Waals surface area contributed by atoms with Crippen molar-refractivity contribution in [2.45, 2.75) is 19.8 Å². The van der Waals surface area contributed by atoms with Crippen molar-refractivity contribution < 1.29 is 19.0 Å². The largest absolute Gasteiger partial charge is 0.494 e. The molecule has 1 heterocycles. The van der Waals surface area contributed by atoms with Crippen molar-refractivity contribution >= 4 is 6.29 Å². The Balaban J connectivity index is 1.49. The average molecular weight is 278 g/mol. The summed E-state index contributed by atoms with van der Waals surface area (Å²) in [5.41, 5.74) is 0.899. The van der Waals surface area contributed by atoms with E-state index in [4.69, 9.17) is 14.2 Å². The van der Waals surface area contributed by atoms with Gasteiger partial charge in [-0.2, -0.15) is 0 Å². The topological polar surface area (TPSA) is 44.8 Å². The van der Waals surface area contributed by atoms with Crippen molar-refractivity contribution in [3.8, 4) is 5.75 Å². The third-order valence-electron chi connectivity index (χ3n) is 3.32. The predicted molar refractivity (Wildman–Crippen MR) is 76.3 cm³/mol. The molecule has 110 valence electrons. The molecule has 0 spiro atoms. The summed E-state index contributed by atoms with van der Waals surface area (Å²) in [6.45, 7) is 6.02. The van der Waals surface area contributed by atoms with Crippen LogP contribution in [0.2, 0.25) is 0 Å². The van der Waals surface area contributed by atoms with E-state index in [0.29, 0.717) is 12.2 Å². The molecule has 1 aromatic carbocycles. The molecule has 0 aromatic heterocycles. The number of benzene rings is 1. The van der Waals surface area contributed by atoms with Crippen molar-refractivity contribution in [3.63, 3.8) is 0 Å². The monoisotopic (exact) mass is 278 g/mol. The van der Waals surface area contributed by atoms with E-state index in [1.807, 2.05) is 12.1 Å². The molecular weight excluding hydrogens is 256 g/mol. The predicted octanol–water partition coefficient (Wildman–Crippen LogP) is 2.71. The van der Waals surface area contributed by atoms with E-state index >= 15 is 0 Å². The molecule has 0 amide bonds. The standard InChI is InChI=1S/C16H22O4/c1-16(12-19-13-16)11-18-8-2-3-9-20-15-6-4-14(10-17)5-7-15/h4-7,10H,2-3,8-9,11-13H2,1H3. The summed E-state index contributed by atoms with van der Waals surface area (Å²) in [7, 11) is 0. The third kappa shape index (κ3) is 4.62. The Bertz CT molecular complexity index is 409. The summed E-state index contributed by atoms with van der Waals surface area (Å²) in [5, 5.41) is 0. The maximum absolute atomic E-state index is 10.5. The Morgan fingerprint density at radius 3 is 2.50 bits per heavy atom. The SMILES string of the molecule is CC1(COCCCCOc2ccc(C=O)cc2)COC1. The molecule has 1 aliphatic heterocycles. The summed E-state index contributed by atoms with van der Waals surface area (Å²) in [4.78, 5) is 10.5. The van der Waals surface area contributed by atoms with Crippen LogP contribution in [0.3, 0.4) is 0 Å². The molecule has 2 rings (SSSR count). The van der Waals surface area contributed by atoms with Crippen molar-refractivity contribution in [2.75, 3.05) is 33.0 Å². The number of carbonyl (C=O) groups excluding carboxylic acids is 1. The average Bonchev–Trinajstić information content (AvgIpc) is 2.45. The minimum absolute atomic E-state index is 0.233. The number of hydrogen-bond donors (Lipinski definition) is 0. The second-order valence-corrected chi connectivity index (χ2v) is 5.60. The van der Waals surface area contributed by atoms with E-state index in [-0.39, 0.29) is 5.41 Å². The molecule has 0 atom stereocenters. The van der Waals surface area contributed by atoms with E-state index in [1.165, 1.54) is 0 Å². The summed E-state index contributed by atoms with van der Waals surface area (Å²) >= 11 is 0. The molecule has 1 saturated heterocycles. The highest BCUT2D eigenvalue weighted by molar-refractivity contribution is 5.74. The number of unbranched alkanes of at least 4 members (excludes halogenated alkanes) is 1. The smallest absolute Gasteiger partial charge is 0.150 e. The van der Waals surface area contributed by atoms with Crippen LogP contribution in [-0.2, 0) is 9.47 Å². The van der Waals surface area contributed by atoms with Crippen LogP contribution in [0.4, 0.5) is 0 Å². The number of ether oxygens (including phenoxy) is 3. The van der Waals surface area contributed by atoms with Gasteiger partial charge in [0.2, 0.25) is 0 Å². The maximum atomic E-state index is 10.5. The first-order valence-corrected chi connectivity index (χ1v) is 7.05. The Morgan fingerprint density at radius 2 is 1.90 bits per heavy atom. The van der Waals surface area contributed by atoms with Gasteiger partial charge in [-0.15, -0.1) is 0 Å². The zero-order chi connectivity index (χ0) is 14.3. The van der Waals surface area contributed by atoms with Gasteiger partial charge >= 0.3 is 0 Å². The van der Waals surface area contributed by atoms with Crippen molar-refractivity contribution in [1.82, 2.24) is 0 Å². The van der Waals surface area contributed by atoms with Crippen LogP contribution < -0.4 is 4.74 Å². The van der Waals surface area contributed by atoms with Crippen LogP contribution in [0, 0.1) is 5.41 Å². The molecule has 4 heteroatoms. The molecule has 0 unspecified atom stereocenters. The van der Waals surface area contributed by atoms with E-state index < -0.39 is 0 Å². The highest BCUT2D eigenvalue weighted by Gasteiger charge is 2.33. The van der Waals surface area contributed by atoms with Crippen LogP contribution in [0.1, 0.15) is 30.1 Å². The minimum Gasteiger partial charge on any atom is -0.494 e. The molecule has 4 nitrogen and oxygen atoms in total. The van der Waals surface area contributed by atoms with Gasteiger partial charge in [0.15, 0.2) is 0 Å². The minimum atomic E-state index is 0.233. The molecule has 1 aliphatic rings. The fourth-order valence-electron chi connectivity index (χ4n) is 1.99. The van der Waals surface area contributed by atoms with Crippen LogP contribution >= 0.6 is 0 Å². The van der Waals surface area contributed by atoms with Gasteiger partial charge in [0.25, 0.3) is 0 Å². The summed E-state index contributed by atoms with van der Waals surface area (Å²) in [5.74, 6) is 0.802. The van der Waals surface area contributed by atoms with Crippen molar-refractivity contribution in [3.05, 3.63) is 29.8 Å². The quantitative estimate of drug-likeness (QED) is 0.514. The Labute approximate surface area is 120 Å². The fourth-order valence-corrected chi connectivity index (χ4v) is 1.99. The second kappa shape index (κ2) is 7.41. The number of carbonyl (C=O) groups is 1. The van der Waals surface area contributed by atoms with Gasteiger partial charge in [0, 0.05) is 17.6 Å². The van der Waals surface area contributed by atoms with E-state index in [1.54, 1.807) is 12.1 Å². The van der Waals surface area contributed by atoms with Crippen molar-refractivity contribution in [1.29, 1.82) is 0 Å². The van der Waals surface area contributed by atoms with Gasteiger partial charge in [-0.3, -0.25) is 4.79 Å². The Morgan fingerprint density at radius 1 is 1.20 bits per heavy atom. The lowest BCUT2D eigenvalue weighted by Crippen LogP contribution is -2.43. The fraction of sp³-hybridized carbons (Fsp3) is 0.562. The van der Waals surface area contributed by atoms with Crippen LogP contribution in [-0.4, -0.2) is 39.3 Å². The van der Waals surface area contributed by atoms with Gasteiger partial charge in [0.05, 0.1) is 26.4 Å². The summed E-state index contributed by atoms with van der Waals surface area (Å²) < 4.78 is 16.4. The normalized spacial score (nSPS) is 16.4. The van der Waals surface area contributed by atoms with Gasteiger partial charge in [-0.1, -0.05) is 6.92 Å². The Kier molecular flexibility index (Phi) is 5.56. The molecule has 1 aromatic rings. The third-order valence-corrected chi connectivity index (χ3v) is 3.32. The molecule has 0 N–H and O–H groups in total. The summed E-state index contributed by atoms with van der Waals surface area (Å²) in [6, 6.07) is 7.15. The highest BCUT2D eigenvalue weighted by atomic mass is 16.5. The van der Waals surface area contributed by atoms with Gasteiger partial charge in [0.1, 0.15) is 12.0 Å². The molecule has 0 aliphatic carbocycles. The molecule has 0 saturated carbocycles. The van der Waals surface area contributed by atoms with E-state index in [0.717, 1.165) is 51.3 Å². The van der Waals surface area contributed by atoms with Gasteiger partial charge < -0.3 is 14.2 Å². The molecule has 20 heavy (non-hydrogen) atoms. The van der Waals surface area contributed by atoms with Gasteiger partial charge in [-0.25, -0.2) is 0 Å². The highest BCUT2D eigenvalue weighted by Crippen LogP contribution is 2.26. The van der Waals surface area contributed by atoms with Crippen molar-refractivity contribution in [2.24, 2.45) is 5.41 Å². The van der Waals surface area contributed by atoms with Crippen LogP contribution in [0.5, 0.6) is 5.75 Å². The number of aldehydes is 1.